The van der Waals surface area contributed by atoms with Gasteiger partial charge in [0.15, 0.2) is 5.78 Å². The largest absolute Gasteiger partial charge is 0.478 e. The Morgan fingerprint density at radius 1 is 1.24 bits per heavy atom. The Morgan fingerprint density at radius 2 is 1.82 bits per heavy atom. The summed E-state index contributed by atoms with van der Waals surface area (Å²) in [4.78, 5) is 23.9. The van der Waals surface area contributed by atoms with E-state index >= 15 is 0 Å². The van der Waals surface area contributed by atoms with E-state index in [4.69, 9.17) is 5.11 Å². The van der Waals surface area contributed by atoms with E-state index in [0.717, 1.165) is 5.56 Å². The number of allylic oxidation sites excluding steroid dienone is 1. The van der Waals surface area contributed by atoms with E-state index in [1.54, 1.807) is 23.2 Å². The number of carboxylic acids is 1. The zero-order valence-corrected chi connectivity index (χ0v) is 9.88. The maximum absolute atomic E-state index is 11.5. The van der Waals surface area contributed by atoms with Crippen LogP contribution in [0.3, 0.4) is 0 Å². The molecule has 1 aromatic carbocycles. The fraction of sp³-hybridized carbons (Fsp3) is 0.231. The van der Waals surface area contributed by atoms with E-state index in [1.165, 1.54) is 18.2 Å². The highest BCUT2D eigenvalue weighted by atomic mass is 16.4. The highest BCUT2D eigenvalue weighted by molar-refractivity contribution is 5.91. The number of benzene rings is 1. The Balaban J connectivity index is 2.63. The molecular weight excluding hydrogens is 218 g/mol. The van der Waals surface area contributed by atoms with Gasteiger partial charge in [0.2, 0.25) is 0 Å². The van der Waals surface area contributed by atoms with Crippen LogP contribution in [0.5, 0.6) is 0 Å². The van der Waals surface area contributed by atoms with Crippen LogP contribution in [0.15, 0.2) is 36.5 Å². The molecule has 0 saturated heterocycles. The molecule has 0 saturated carbocycles. The number of carboxylic acid groups (broad SMARTS) is 1. The molecule has 1 aromatic rings. The zero-order valence-electron chi connectivity index (χ0n) is 9.88. The number of nitrogens with zero attached hydrogens (tertiary/aromatic N) is 1. The summed E-state index contributed by atoms with van der Waals surface area (Å²) in [5.41, 5.74) is 1.04. The van der Waals surface area contributed by atoms with Crippen molar-refractivity contribution in [2.24, 2.45) is 0 Å². The molecule has 4 heteroatoms. The summed E-state index contributed by atoms with van der Waals surface area (Å²) < 4.78 is 0. The average molecular weight is 233 g/mol. The lowest BCUT2D eigenvalue weighted by Gasteiger charge is -2.03. The molecule has 0 aliphatic rings. The third kappa shape index (κ3) is 4.51. The van der Waals surface area contributed by atoms with E-state index < -0.39 is 5.97 Å². The quantitative estimate of drug-likeness (QED) is 0.784. The van der Waals surface area contributed by atoms with Crippen molar-refractivity contribution in [3.63, 3.8) is 0 Å². The molecule has 0 unspecified atom stereocenters. The molecule has 17 heavy (non-hydrogen) atoms. The van der Waals surface area contributed by atoms with Crippen LogP contribution in [0.25, 0.3) is 0 Å². The second-order valence-electron chi connectivity index (χ2n) is 3.92. The van der Waals surface area contributed by atoms with E-state index in [-0.39, 0.29) is 17.8 Å². The SMILES string of the molecule is CN(C)C=CC(=O)Cc1ccc(C(=O)O)cc1. The number of hydrogen-bond donors (Lipinski definition) is 1. The molecule has 0 bridgehead atoms. The van der Waals surface area contributed by atoms with Gasteiger partial charge >= 0.3 is 5.97 Å². The fourth-order valence-electron chi connectivity index (χ4n) is 1.26. The molecule has 90 valence electrons. The summed E-state index contributed by atoms with van der Waals surface area (Å²) in [6.45, 7) is 0. The maximum Gasteiger partial charge on any atom is 0.335 e. The van der Waals surface area contributed by atoms with Crippen molar-refractivity contribution < 1.29 is 14.7 Å². The maximum atomic E-state index is 11.5. The summed E-state index contributed by atoms with van der Waals surface area (Å²) in [7, 11) is 3.68. The summed E-state index contributed by atoms with van der Waals surface area (Å²) >= 11 is 0. The second kappa shape index (κ2) is 5.84. The predicted molar refractivity (Wildman–Crippen MR) is 64.9 cm³/mol. The Labute approximate surface area is 100 Å². The van der Waals surface area contributed by atoms with Gasteiger partial charge in [-0.05, 0) is 23.8 Å². The van der Waals surface area contributed by atoms with Crippen LogP contribution in [0, 0.1) is 0 Å². The van der Waals surface area contributed by atoms with Gasteiger partial charge in [0.25, 0.3) is 0 Å². The molecular formula is C13H15NO3. The van der Waals surface area contributed by atoms with E-state index in [1.807, 2.05) is 14.1 Å². The summed E-state index contributed by atoms with van der Waals surface area (Å²) in [5.74, 6) is -0.975. The first-order chi connectivity index (χ1) is 7.99. The van der Waals surface area contributed by atoms with Crippen LogP contribution in [0.4, 0.5) is 0 Å². The molecule has 0 aromatic heterocycles. The number of carbonyl (C=O) groups is 2. The van der Waals surface area contributed by atoms with Crippen LogP contribution in [-0.4, -0.2) is 35.9 Å². The first-order valence-electron chi connectivity index (χ1n) is 5.18. The van der Waals surface area contributed by atoms with E-state index in [0.29, 0.717) is 0 Å². The van der Waals surface area contributed by atoms with Gasteiger partial charge in [-0.2, -0.15) is 0 Å². The Hall–Kier alpha value is -2.10. The van der Waals surface area contributed by atoms with Gasteiger partial charge in [-0.1, -0.05) is 12.1 Å². The lowest BCUT2D eigenvalue weighted by Crippen LogP contribution is -2.05. The Kier molecular flexibility index (Phi) is 4.46. The van der Waals surface area contributed by atoms with Crippen LogP contribution in [0.2, 0.25) is 0 Å². The summed E-state index contributed by atoms with van der Waals surface area (Å²) in [6.07, 6.45) is 3.48. The van der Waals surface area contributed by atoms with Gasteiger partial charge in [-0.15, -0.1) is 0 Å². The highest BCUT2D eigenvalue weighted by Gasteiger charge is 2.03. The first-order valence-corrected chi connectivity index (χ1v) is 5.18. The third-order valence-electron chi connectivity index (χ3n) is 2.14. The van der Waals surface area contributed by atoms with Gasteiger partial charge in [0.05, 0.1) is 5.56 Å². The monoisotopic (exact) mass is 233 g/mol. The molecule has 0 amide bonds. The normalized spacial score (nSPS) is 10.5. The molecule has 1 N–H and O–H groups in total. The highest BCUT2D eigenvalue weighted by Crippen LogP contribution is 2.06. The molecule has 0 radical (unpaired) electrons. The number of rotatable bonds is 5. The van der Waals surface area contributed by atoms with Crippen LogP contribution in [-0.2, 0) is 11.2 Å². The minimum absolute atomic E-state index is 0.0122. The molecule has 0 atom stereocenters. The van der Waals surface area contributed by atoms with Crippen molar-refractivity contribution in [2.45, 2.75) is 6.42 Å². The smallest absolute Gasteiger partial charge is 0.335 e. The fourth-order valence-corrected chi connectivity index (χ4v) is 1.26. The Bertz CT molecular complexity index is 432. The summed E-state index contributed by atoms with van der Waals surface area (Å²) in [5, 5.41) is 8.72. The lowest BCUT2D eigenvalue weighted by molar-refractivity contribution is -0.114. The minimum atomic E-state index is -0.963. The third-order valence-corrected chi connectivity index (χ3v) is 2.14. The van der Waals surface area contributed by atoms with Crippen LogP contribution >= 0.6 is 0 Å². The van der Waals surface area contributed by atoms with E-state index in [2.05, 4.69) is 0 Å². The molecule has 0 fully saturated rings. The van der Waals surface area contributed by atoms with Crippen LogP contribution < -0.4 is 0 Å². The standard InChI is InChI=1S/C13H15NO3/c1-14(2)8-7-12(15)9-10-3-5-11(6-4-10)13(16)17/h3-8H,9H2,1-2H3,(H,16,17). The first kappa shape index (κ1) is 13.0. The van der Waals surface area contributed by atoms with Gasteiger partial charge in [0.1, 0.15) is 0 Å². The number of ketones is 1. The molecule has 0 aliphatic carbocycles. The van der Waals surface area contributed by atoms with E-state index in [9.17, 15) is 9.59 Å². The molecule has 0 heterocycles. The zero-order chi connectivity index (χ0) is 12.8. The predicted octanol–water partition coefficient (Wildman–Crippen LogP) is 1.57. The van der Waals surface area contributed by atoms with Gasteiger partial charge in [0, 0.05) is 26.7 Å². The van der Waals surface area contributed by atoms with Crippen molar-refractivity contribution in [1.29, 1.82) is 0 Å². The van der Waals surface area contributed by atoms with Gasteiger partial charge < -0.3 is 10.0 Å². The Morgan fingerprint density at radius 3 is 2.29 bits per heavy atom. The van der Waals surface area contributed by atoms with Crippen molar-refractivity contribution >= 4 is 11.8 Å². The van der Waals surface area contributed by atoms with Gasteiger partial charge in [-0.25, -0.2) is 4.79 Å². The van der Waals surface area contributed by atoms with Gasteiger partial charge in [-0.3, -0.25) is 4.79 Å². The molecule has 4 nitrogen and oxygen atoms in total. The van der Waals surface area contributed by atoms with Crippen molar-refractivity contribution in [3.05, 3.63) is 47.7 Å². The van der Waals surface area contributed by atoms with Crippen LogP contribution in [0.1, 0.15) is 15.9 Å². The topological polar surface area (TPSA) is 57.6 Å². The molecule has 1 rings (SSSR count). The second-order valence-corrected chi connectivity index (χ2v) is 3.92. The van der Waals surface area contributed by atoms with Crippen molar-refractivity contribution in [3.8, 4) is 0 Å². The molecule has 0 spiro atoms. The number of aromatic carboxylic acids is 1. The lowest BCUT2D eigenvalue weighted by atomic mass is 10.1. The number of carbonyl (C=O) groups excluding carboxylic acids is 1. The summed E-state index contributed by atoms with van der Waals surface area (Å²) in [6, 6.07) is 6.32. The molecule has 0 aliphatic heterocycles. The average Bonchev–Trinajstić information content (AvgIpc) is 2.27. The van der Waals surface area contributed by atoms with Crippen molar-refractivity contribution in [1.82, 2.24) is 4.90 Å². The number of hydrogen-bond acceptors (Lipinski definition) is 3. The minimum Gasteiger partial charge on any atom is -0.478 e. The van der Waals surface area contributed by atoms with Crippen molar-refractivity contribution in [2.75, 3.05) is 14.1 Å².